The van der Waals surface area contributed by atoms with Crippen molar-refractivity contribution in [3.8, 4) is 5.75 Å². The van der Waals surface area contributed by atoms with E-state index < -0.39 is 34.4 Å². The molecule has 2 fully saturated rings. The van der Waals surface area contributed by atoms with Gasteiger partial charge in [-0.25, -0.2) is 13.2 Å². The van der Waals surface area contributed by atoms with E-state index in [4.69, 9.17) is 18.9 Å². The summed E-state index contributed by atoms with van der Waals surface area (Å²) in [6, 6.07) is 14.8. The van der Waals surface area contributed by atoms with Crippen molar-refractivity contribution in [1.29, 1.82) is 0 Å². The van der Waals surface area contributed by atoms with Crippen LogP contribution in [0.3, 0.4) is 0 Å². The van der Waals surface area contributed by atoms with Crippen LogP contribution in [0.25, 0.3) is 0 Å². The quantitative estimate of drug-likeness (QED) is 0.387. The molecule has 2 aromatic rings. The number of methoxy groups -OCH3 is 1. The Hall–Kier alpha value is -2.70. The van der Waals surface area contributed by atoms with Crippen LogP contribution in [0.15, 0.2) is 59.5 Å². The van der Waals surface area contributed by atoms with E-state index in [2.05, 4.69) is 5.32 Å². The minimum Gasteiger partial charge on any atom is -0.497 e. The lowest BCUT2D eigenvalue weighted by Gasteiger charge is -2.31. The Balaban J connectivity index is 1.49. The topological polar surface area (TPSA) is 124 Å². The van der Waals surface area contributed by atoms with Crippen LogP contribution in [0.5, 0.6) is 5.75 Å². The van der Waals surface area contributed by atoms with Crippen LogP contribution < -0.4 is 10.1 Å². The first-order chi connectivity index (χ1) is 19.7. The van der Waals surface area contributed by atoms with Gasteiger partial charge in [0.05, 0.1) is 44.0 Å². The van der Waals surface area contributed by atoms with Crippen molar-refractivity contribution in [1.82, 2.24) is 9.62 Å². The number of aliphatic hydroxyl groups excluding tert-OH is 1. The molecule has 2 aliphatic rings. The van der Waals surface area contributed by atoms with Crippen LogP contribution in [-0.4, -0.2) is 88.8 Å². The summed E-state index contributed by atoms with van der Waals surface area (Å²) in [6.07, 6.45) is -1.40. The van der Waals surface area contributed by atoms with Gasteiger partial charge in [0.25, 0.3) is 0 Å². The number of ether oxygens (including phenoxy) is 4. The first-order valence-electron chi connectivity index (χ1n) is 14.1. The Kier molecular flexibility index (Phi) is 11.0. The molecule has 0 aliphatic carbocycles. The number of carbonyl (C=O) groups excluding carboxylic acids is 1. The molecule has 4 rings (SSSR count). The van der Waals surface area contributed by atoms with Gasteiger partial charge in [-0.1, -0.05) is 44.2 Å². The molecule has 2 aromatic carbocycles. The Labute approximate surface area is 243 Å². The molecule has 2 N–H and O–H groups in total. The van der Waals surface area contributed by atoms with Crippen molar-refractivity contribution < 1.29 is 37.3 Å². The van der Waals surface area contributed by atoms with E-state index in [9.17, 15) is 18.3 Å². The number of aliphatic hydroxyl groups is 1. The molecule has 0 bridgehead atoms. The first kappa shape index (κ1) is 31.2. The average molecular weight is 591 g/mol. The highest BCUT2D eigenvalue weighted by Gasteiger charge is 2.36. The number of benzene rings is 2. The second-order valence-corrected chi connectivity index (χ2v) is 13.2. The number of alkyl carbamates (subject to hydrolysis) is 1. The van der Waals surface area contributed by atoms with Gasteiger partial charge in [0.1, 0.15) is 11.9 Å². The molecule has 2 saturated heterocycles. The van der Waals surface area contributed by atoms with Gasteiger partial charge in [0.2, 0.25) is 10.0 Å². The monoisotopic (exact) mass is 590 g/mol. The molecular weight excluding hydrogens is 548 g/mol. The number of rotatable bonds is 12. The molecule has 0 radical (unpaired) electrons. The number of hydrogen-bond acceptors (Lipinski definition) is 8. The van der Waals surface area contributed by atoms with Crippen LogP contribution in [0.2, 0.25) is 0 Å². The average Bonchev–Trinajstić information content (AvgIpc) is 3.30. The lowest BCUT2D eigenvalue weighted by Crippen LogP contribution is -2.51. The van der Waals surface area contributed by atoms with Crippen LogP contribution in [0.4, 0.5) is 4.79 Å². The van der Waals surface area contributed by atoms with Gasteiger partial charge in [-0.15, -0.1) is 0 Å². The van der Waals surface area contributed by atoms with Crippen LogP contribution in [0.1, 0.15) is 25.8 Å². The molecule has 0 aromatic heterocycles. The molecule has 5 atom stereocenters. The molecule has 1 amide bonds. The molecule has 0 spiro atoms. The van der Waals surface area contributed by atoms with E-state index in [0.717, 1.165) is 5.56 Å². The molecule has 2 heterocycles. The van der Waals surface area contributed by atoms with Gasteiger partial charge in [-0.2, -0.15) is 4.31 Å². The van der Waals surface area contributed by atoms with Crippen molar-refractivity contribution in [2.45, 2.75) is 49.8 Å². The van der Waals surface area contributed by atoms with E-state index in [1.54, 1.807) is 12.1 Å². The largest absolute Gasteiger partial charge is 0.497 e. The maximum absolute atomic E-state index is 13.6. The summed E-state index contributed by atoms with van der Waals surface area (Å²) in [5.74, 6) is 1.12. The predicted molar refractivity (Wildman–Crippen MR) is 153 cm³/mol. The van der Waals surface area contributed by atoms with Gasteiger partial charge < -0.3 is 29.4 Å². The highest BCUT2D eigenvalue weighted by Crippen LogP contribution is 2.29. The Morgan fingerprint density at radius 2 is 1.66 bits per heavy atom. The first-order valence-corrected chi connectivity index (χ1v) is 15.6. The zero-order chi connectivity index (χ0) is 29.4. The highest BCUT2D eigenvalue weighted by atomic mass is 32.2. The molecule has 3 unspecified atom stereocenters. The lowest BCUT2D eigenvalue weighted by molar-refractivity contribution is 0.0139. The van der Waals surface area contributed by atoms with E-state index in [-0.39, 0.29) is 36.2 Å². The normalized spacial score (nSPS) is 22.5. The lowest BCUT2D eigenvalue weighted by atomic mass is 9.92. The third-order valence-electron chi connectivity index (χ3n) is 7.53. The summed E-state index contributed by atoms with van der Waals surface area (Å²) in [5.41, 5.74) is 0.883. The van der Waals surface area contributed by atoms with Crippen molar-refractivity contribution >= 4 is 16.1 Å². The maximum atomic E-state index is 13.6. The van der Waals surface area contributed by atoms with Gasteiger partial charge in [-0.3, -0.25) is 0 Å². The van der Waals surface area contributed by atoms with Gasteiger partial charge in [-0.05, 0) is 54.5 Å². The van der Waals surface area contributed by atoms with E-state index >= 15 is 0 Å². The summed E-state index contributed by atoms with van der Waals surface area (Å²) < 4.78 is 50.7. The summed E-state index contributed by atoms with van der Waals surface area (Å²) >= 11 is 0. The van der Waals surface area contributed by atoms with E-state index in [1.807, 2.05) is 44.2 Å². The SMILES string of the molecule is COc1ccc(S(=O)(=O)N(CC(C)C)C[C@H](O)[C@@H](Cc2ccccc2)NC(=O)OC2COCC3COCC3C2)cc1. The van der Waals surface area contributed by atoms with Gasteiger partial charge in [0.15, 0.2) is 0 Å². The molecule has 0 saturated carbocycles. The fourth-order valence-electron chi connectivity index (χ4n) is 5.33. The minimum absolute atomic E-state index is 0.000601. The van der Waals surface area contributed by atoms with Gasteiger partial charge in [0, 0.05) is 25.6 Å². The number of amides is 1. The summed E-state index contributed by atoms with van der Waals surface area (Å²) in [7, 11) is -2.43. The fraction of sp³-hybridized carbons (Fsp3) is 0.567. The van der Waals surface area contributed by atoms with E-state index in [0.29, 0.717) is 44.5 Å². The summed E-state index contributed by atoms with van der Waals surface area (Å²) in [5, 5.41) is 14.3. The van der Waals surface area contributed by atoms with Gasteiger partial charge >= 0.3 is 6.09 Å². The molecule has 226 valence electrons. The third-order valence-corrected chi connectivity index (χ3v) is 9.37. The number of nitrogens with one attached hydrogen (secondary N) is 1. The fourth-order valence-corrected chi connectivity index (χ4v) is 6.95. The van der Waals surface area contributed by atoms with E-state index in [1.165, 1.54) is 23.5 Å². The molecular formula is C30H42N2O8S. The Morgan fingerprint density at radius 1 is 1.00 bits per heavy atom. The van der Waals surface area contributed by atoms with Crippen molar-refractivity contribution in [2.24, 2.45) is 17.8 Å². The van der Waals surface area contributed by atoms with Crippen molar-refractivity contribution in [3.63, 3.8) is 0 Å². The number of hydrogen-bond donors (Lipinski definition) is 2. The standard InChI is InChI=1S/C30H42N2O8S/c1-21(2)15-32(41(35,36)27-11-9-25(37-3)10-12-27)16-29(33)28(13-22-7-5-4-6-8-22)31-30(34)40-26-14-23-17-38-18-24(23)19-39-20-26/h4-12,21,23-24,26,28-29,33H,13-20H2,1-3H3,(H,31,34)/t23?,24?,26?,28-,29+/m1/s1. The second-order valence-electron chi connectivity index (χ2n) is 11.3. The zero-order valence-corrected chi connectivity index (χ0v) is 24.8. The third kappa shape index (κ3) is 8.65. The summed E-state index contributed by atoms with van der Waals surface area (Å²) in [6.45, 7) is 5.96. The number of nitrogens with zero attached hydrogens (tertiary/aromatic N) is 1. The maximum Gasteiger partial charge on any atom is 0.407 e. The van der Waals surface area contributed by atoms with Crippen LogP contribution in [-0.2, 0) is 30.7 Å². The molecule has 11 heteroatoms. The number of sulfonamides is 1. The Morgan fingerprint density at radius 3 is 2.32 bits per heavy atom. The zero-order valence-electron chi connectivity index (χ0n) is 24.0. The second kappa shape index (κ2) is 14.5. The minimum atomic E-state index is -3.94. The molecule has 10 nitrogen and oxygen atoms in total. The molecule has 2 aliphatic heterocycles. The van der Waals surface area contributed by atoms with Crippen molar-refractivity contribution in [3.05, 3.63) is 60.2 Å². The predicted octanol–water partition coefficient (Wildman–Crippen LogP) is 3.09. The smallest absolute Gasteiger partial charge is 0.407 e. The van der Waals surface area contributed by atoms with Crippen LogP contribution in [0, 0.1) is 17.8 Å². The number of carbonyl (C=O) groups is 1. The van der Waals surface area contributed by atoms with Crippen molar-refractivity contribution in [2.75, 3.05) is 46.6 Å². The highest BCUT2D eigenvalue weighted by molar-refractivity contribution is 7.89. The van der Waals surface area contributed by atoms with Crippen LogP contribution >= 0.6 is 0 Å². The Bertz CT molecular complexity index is 1210. The number of fused-ring (bicyclic) bond motifs is 1. The summed E-state index contributed by atoms with van der Waals surface area (Å²) in [4.78, 5) is 13.2. The molecule has 41 heavy (non-hydrogen) atoms.